The third kappa shape index (κ3) is 4.42. The number of hydrogen-bond donors (Lipinski definition) is 0. The van der Waals surface area contributed by atoms with Crippen molar-refractivity contribution in [2.24, 2.45) is 0 Å². The van der Waals surface area contributed by atoms with Crippen LogP contribution in [0.4, 0.5) is 5.69 Å². The minimum Gasteiger partial charge on any atom is -0.468 e. The van der Waals surface area contributed by atoms with Crippen LogP contribution < -0.4 is 0 Å². The summed E-state index contributed by atoms with van der Waals surface area (Å²) < 4.78 is 4.66. The van der Waals surface area contributed by atoms with Gasteiger partial charge in [-0.25, -0.2) is 0 Å². The molecule has 0 aliphatic carbocycles. The fraction of sp³-hybridized carbons (Fsp3) is 0.294. The van der Waals surface area contributed by atoms with Crippen LogP contribution in [-0.2, 0) is 16.1 Å². The number of ether oxygens (including phenoxy) is 1. The number of rotatable bonds is 6. The summed E-state index contributed by atoms with van der Waals surface area (Å²) in [4.78, 5) is 37.0. The average molecular weight is 362 g/mol. The lowest BCUT2D eigenvalue weighted by Gasteiger charge is -2.21. The molecule has 0 fully saturated rings. The van der Waals surface area contributed by atoms with E-state index in [1.54, 1.807) is 6.92 Å². The Bertz CT molecular complexity index is 815. The van der Waals surface area contributed by atoms with Crippen LogP contribution in [0.2, 0.25) is 0 Å². The summed E-state index contributed by atoms with van der Waals surface area (Å²) in [6.45, 7) is 3.49. The molecule has 0 unspecified atom stereocenters. The summed E-state index contributed by atoms with van der Waals surface area (Å²) in [5.74, 6) is -0.987. The molecule has 1 aromatic carbocycles. The number of benzene rings is 1. The Hall–Kier alpha value is -2.74. The van der Waals surface area contributed by atoms with Crippen LogP contribution in [-0.4, -0.2) is 35.4 Å². The maximum Gasteiger partial charge on any atom is 0.325 e. The monoisotopic (exact) mass is 362 g/mol. The normalized spacial score (nSPS) is 10.4. The number of nitro groups is 1. The number of aryl methyl sites for hydroxylation is 2. The van der Waals surface area contributed by atoms with Crippen molar-refractivity contribution in [2.75, 3.05) is 13.7 Å². The lowest BCUT2D eigenvalue weighted by Crippen LogP contribution is -2.35. The molecule has 0 N–H and O–H groups in total. The second-order valence-electron chi connectivity index (χ2n) is 5.47. The number of methoxy groups -OCH3 is 1. The van der Waals surface area contributed by atoms with E-state index in [4.69, 9.17) is 0 Å². The molecule has 1 aromatic heterocycles. The van der Waals surface area contributed by atoms with Crippen LogP contribution in [0.3, 0.4) is 0 Å². The van der Waals surface area contributed by atoms with E-state index >= 15 is 0 Å². The molecular formula is C17H18N2O5S. The first-order valence-electron chi connectivity index (χ1n) is 7.49. The molecule has 0 saturated carbocycles. The minimum atomic E-state index is -0.551. The van der Waals surface area contributed by atoms with Crippen molar-refractivity contribution in [1.82, 2.24) is 4.90 Å². The lowest BCUT2D eigenvalue weighted by atomic mass is 10.1. The SMILES string of the molecule is COC(=O)CN(Cc1ccccc1C)C(=O)c1cc([N+](=O)[O-])c(C)s1. The van der Waals surface area contributed by atoms with Gasteiger partial charge in [0.1, 0.15) is 6.54 Å². The Morgan fingerprint density at radius 3 is 2.52 bits per heavy atom. The molecule has 2 aromatic rings. The van der Waals surface area contributed by atoms with Gasteiger partial charge in [0.25, 0.3) is 11.6 Å². The van der Waals surface area contributed by atoms with Crippen molar-refractivity contribution in [3.8, 4) is 0 Å². The molecular weight excluding hydrogens is 344 g/mol. The summed E-state index contributed by atoms with van der Waals surface area (Å²) in [5.41, 5.74) is 1.78. The Morgan fingerprint density at radius 2 is 1.96 bits per heavy atom. The van der Waals surface area contributed by atoms with Crippen LogP contribution in [0.15, 0.2) is 30.3 Å². The smallest absolute Gasteiger partial charge is 0.325 e. The summed E-state index contributed by atoms with van der Waals surface area (Å²) in [7, 11) is 1.25. The molecule has 0 aliphatic rings. The van der Waals surface area contributed by atoms with Gasteiger partial charge in [-0.1, -0.05) is 24.3 Å². The highest BCUT2D eigenvalue weighted by Gasteiger charge is 2.25. The van der Waals surface area contributed by atoms with Gasteiger partial charge in [0.05, 0.1) is 21.8 Å². The number of hydrogen-bond acceptors (Lipinski definition) is 6. The number of thiophene rings is 1. The Labute approximate surface area is 149 Å². The molecule has 7 nitrogen and oxygen atoms in total. The molecule has 8 heteroatoms. The third-order valence-corrected chi connectivity index (χ3v) is 4.78. The number of carbonyl (C=O) groups is 2. The number of carbonyl (C=O) groups excluding carboxylic acids is 2. The first kappa shape index (κ1) is 18.6. The van der Waals surface area contributed by atoms with Crippen LogP contribution in [0, 0.1) is 24.0 Å². The van der Waals surface area contributed by atoms with E-state index in [2.05, 4.69) is 4.74 Å². The van der Waals surface area contributed by atoms with E-state index in [0.717, 1.165) is 22.5 Å². The molecule has 0 radical (unpaired) electrons. The third-order valence-electron chi connectivity index (χ3n) is 3.76. The molecule has 0 aliphatic heterocycles. The first-order chi connectivity index (χ1) is 11.8. The topological polar surface area (TPSA) is 89.8 Å². The second-order valence-corrected chi connectivity index (χ2v) is 6.73. The highest BCUT2D eigenvalue weighted by atomic mass is 32.1. The predicted octanol–water partition coefficient (Wildman–Crippen LogP) is 3.09. The average Bonchev–Trinajstić information content (AvgIpc) is 2.97. The number of nitrogens with zero attached hydrogens (tertiary/aromatic N) is 2. The van der Waals surface area contributed by atoms with E-state index in [1.807, 2.05) is 31.2 Å². The fourth-order valence-electron chi connectivity index (χ4n) is 2.33. The fourth-order valence-corrected chi connectivity index (χ4v) is 3.28. The Kier molecular flexibility index (Phi) is 5.87. The molecule has 0 spiro atoms. The van der Waals surface area contributed by atoms with E-state index in [0.29, 0.717) is 4.88 Å². The summed E-state index contributed by atoms with van der Waals surface area (Å²) in [6.07, 6.45) is 0. The molecule has 2 rings (SSSR count). The molecule has 0 saturated heterocycles. The quantitative estimate of drug-likeness (QED) is 0.447. The molecule has 25 heavy (non-hydrogen) atoms. The van der Waals surface area contributed by atoms with E-state index in [9.17, 15) is 19.7 Å². The maximum absolute atomic E-state index is 12.8. The van der Waals surface area contributed by atoms with Crippen molar-refractivity contribution in [2.45, 2.75) is 20.4 Å². The van der Waals surface area contributed by atoms with Crippen molar-refractivity contribution < 1.29 is 19.2 Å². The van der Waals surface area contributed by atoms with E-state index in [-0.39, 0.29) is 23.7 Å². The van der Waals surface area contributed by atoms with E-state index in [1.165, 1.54) is 18.1 Å². The molecule has 1 amide bonds. The zero-order chi connectivity index (χ0) is 18.6. The van der Waals surface area contributed by atoms with Gasteiger partial charge in [0.2, 0.25) is 0 Å². The standard InChI is InChI=1S/C17H18N2O5S/c1-11-6-4-5-7-13(11)9-18(10-16(20)24-3)17(21)15-8-14(19(22)23)12(2)25-15/h4-8H,9-10H2,1-3H3. The minimum absolute atomic E-state index is 0.0951. The Balaban J connectivity index is 2.32. The van der Waals surface area contributed by atoms with Gasteiger partial charge in [0, 0.05) is 12.6 Å². The lowest BCUT2D eigenvalue weighted by molar-refractivity contribution is -0.385. The van der Waals surface area contributed by atoms with Crippen molar-refractivity contribution in [1.29, 1.82) is 0 Å². The van der Waals surface area contributed by atoms with Gasteiger partial charge >= 0.3 is 5.97 Å². The predicted molar refractivity (Wildman–Crippen MR) is 93.6 cm³/mol. The molecule has 0 atom stereocenters. The van der Waals surface area contributed by atoms with Gasteiger partial charge < -0.3 is 9.64 Å². The molecule has 132 valence electrons. The van der Waals surface area contributed by atoms with Crippen LogP contribution in [0.1, 0.15) is 25.7 Å². The first-order valence-corrected chi connectivity index (χ1v) is 8.30. The summed E-state index contributed by atoms with van der Waals surface area (Å²) >= 11 is 1.04. The van der Waals surface area contributed by atoms with Gasteiger partial charge in [0.15, 0.2) is 0 Å². The maximum atomic E-state index is 12.8. The second kappa shape index (κ2) is 7.89. The van der Waals surface area contributed by atoms with Gasteiger partial charge in [-0.2, -0.15) is 0 Å². The zero-order valence-electron chi connectivity index (χ0n) is 14.1. The summed E-state index contributed by atoms with van der Waals surface area (Å²) in [6, 6.07) is 8.77. The Morgan fingerprint density at radius 1 is 1.28 bits per heavy atom. The number of esters is 1. The zero-order valence-corrected chi connectivity index (χ0v) is 15.0. The van der Waals surface area contributed by atoms with Crippen molar-refractivity contribution >= 4 is 28.9 Å². The van der Waals surface area contributed by atoms with Crippen LogP contribution >= 0.6 is 11.3 Å². The largest absolute Gasteiger partial charge is 0.468 e. The highest BCUT2D eigenvalue weighted by Crippen LogP contribution is 2.29. The van der Waals surface area contributed by atoms with Crippen LogP contribution in [0.25, 0.3) is 0 Å². The van der Waals surface area contributed by atoms with Gasteiger partial charge in [-0.05, 0) is 25.0 Å². The van der Waals surface area contributed by atoms with Crippen molar-refractivity contribution in [3.63, 3.8) is 0 Å². The van der Waals surface area contributed by atoms with Gasteiger partial charge in [-0.3, -0.25) is 19.7 Å². The summed E-state index contributed by atoms with van der Waals surface area (Å²) in [5, 5.41) is 11.0. The molecule has 0 bridgehead atoms. The number of amides is 1. The van der Waals surface area contributed by atoms with Crippen molar-refractivity contribution in [3.05, 3.63) is 61.3 Å². The van der Waals surface area contributed by atoms with Gasteiger partial charge in [-0.15, -0.1) is 11.3 Å². The van der Waals surface area contributed by atoms with E-state index < -0.39 is 16.8 Å². The molecule has 1 heterocycles. The van der Waals surface area contributed by atoms with Crippen LogP contribution in [0.5, 0.6) is 0 Å². The highest BCUT2D eigenvalue weighted by molar-refractivity contribution is 7.14.